The number of methoxy groups -OCH3 is 1. The topological polar surface area (TPSA) is 85.4 Å². The summed E-state index contributed by atoms with van der Waals surface area (Å²) in [5.74, 6) is 0.916. The van der Waals surface area contributed by atoms with Crippen LogP contribution in [0.2, 0.25) is 0 Å². The Kier molecular flexibility index (Phi) is 5.63. The summed E-state index contributed by atoms with van der Waals surface area (Å²) < 4.78 is 12.5. The Morgan fingerprint density at radius 1 is 1.03 bits per heavy atom. The first-order valence-corrected chi connectivity index (χ1v) is 9.50. The average Bonchev–Trinajstić information content (AvgIpc) is 3.08. The molecule has 2 N–H and O–H groups in total. The standard InChI is InChI=1S/C23H21N3O4/c1-29-14-13-26-20-12-11-16(15-19(20)25-23(26)28)22(27)24-18-9-5-6-10-21(18)30-17-7-3-2-4-8-17/h2-12,15H,13-14H2,1H3,(H,24,27)(H,25,28). The summed E-state index contributed by atoms with van der Waals surface area (Å²) in [5, 5.41) is 2.88. The first-order chi connectivity index (χ1) is 14.7. The highest BCUT2D eigenvalue weighted by Crippen LogP contribution is 2.29. The molecule has 0 spiro atoms. The number of nitrogens with zero attached hydrogens (tertiary/aromatic N) is 1. The summed E-state index contributed by atoms with van der Waals surface area (Å²) in [4.78, 5) is 27.8. The molecule has 4 rings (SSSR count). The number of benzene rings is 3. The Morgan fingerprint density at radius 2 is 1.80 bits per heavy atom. The number of ether oxygens (including phenoxy) is 2. The molecule has 0 bridgehead atoms. The number of nitrogens with one attached hydrogen (secondary N) is 2. The van der Waals surface area contributed by atoms with Crippen molar-refractivity contribution in [1.82, 2.24) is 9.55 Å². The lowest BCUT2D eigenvalue weighted by molar-refractivity contribution is 0.102. The van der Waals surface area contributed by atoms with Crippen molar-refractivity contribution in [3.8, 4) is 11.5 Å². The number of anilines is 1. The molecule has 30 heavy (non-hydrogen) atoms. The van der Waals surface area contributed by atoms with Gasteiger partial charge in [-0.05, 0) is 42.5 Å². The third-order valence-electron chi connectivity index (χ3n) is 4.66. The fourth-order valence-electron chi connectivity index (χ4n) is 3.18. The number of carbonyl (C=O) groups is 1. The number of H-pyrrole nitrogens is 1. The molecule has 0 aliphatic carbocycles. The number of aromatic nitrogens is 2. The minimum Gasteiger partial charge on any atom is -0.455 e. The van der Waals surface area contributed by atoms with Gasteiger partial charge < -0.3 is 19.8 Å². The van der Waals surface area contributed by atoms with Crippen molar-refractivity contribution in [2.75, 3.05) is 19.0 Å². The quantitative estimate of drug-likeness (QED) is 0.488. The van der Waals surface area contributed by atoms with E-state index in [1.807, 2.05) is 42.5 Å². The van der Waals surface area contributed by atoms with Gasteiger partial charge in [0.05, 0.1) is 29.9 Å². The van der Waals surface area contributed by atoms with Crippen molar-refractivity contribution in [1.29, 1.82) is 0 Å². The Hall–Kier alpha value is -3.84. The third-order valence-corrected chi connectivity index (χ3v) is 4.66. The van der Waals surface area contributed by atoms with Gasteiger partial charge >= 0.3 is 5.69 Å². The van der Waals surface area contributed by atoms with Crippen LogP contribution in [-0.4, -0.2) is 29.2 Å². The van der Waals surface area contributed by atoms with E-state index in [0.717, 1.165) is 5.52 Å². The lowest BCUT2D eigenvalue weighted by atomic mass is 10.1. The van der Waals surface area contributed by atoms with Crippen LogP contribution >= 0.6 is 0 Å². The number of aromatic amines is 1. The molecule has 0 radical (unpaired) electrons. The van der Waals surface area contributed by atoms with E-state index >= 15 is 0 Å². The van der Waals surface area contributed by atoms with E-state index in [4.69, 9.17) is 9.47 Å². The first-order valence-electron chi connectivity index (χ1n) is 9.50. The molecule has 1 amide bonds. The summed E-state index contributed by atoms with van der Waals surface area (Å²) in [6.07, 6.45) is 0. The molecular formula is C23H21N3O4. The molecule has 7 nitrogen and oxygen atoms in total. The van der Waals surface area contributed by atoms with Crippen molar-refractivity contribution in [3.05, 3.63) is 88.8 Å². The molecule has 3 aromatic carbocycles. The molecule has 4 aromatic rings. The van der Waals surface area contributed by atoms with Crippen molar-refractivity contribution in [2.24, 2.45) is 0 Å². The van der Waals surface area contributed by atoms with Crippen LogP contribution in [0.15, 0.2) is 77.6 Å². The molecular weight excluding hydrogens is 382 g/mol. The molecule has 0 fully saturated rings. The monoisotopic (exact) mass is 403 g/mol. The number of fused-ring (bicyclic) bond motifs is 1. The number of hydrogen-bond donors (Lipinski definition) is 2. The molecule has 0 unspecified atom stereocenters. The molecule has 0 aliphatic heterocycles. The highest BCUT2D eigenvalue weighted by Gasteiger charge is 2.13. The summed E-state index contributed by atoms with van der Waals surface area (Å²) in [7, 11) is 1.58. The van der Waals surface area contributed by atoms with Crippen molar-refractivity contribution >= 4 is 22.6 Å². The van der Waals surface area contributed by atoms with Crippen molar-refractivity contribution in [3.63, 3.8) is 0 Å². The Bertz CT molecular complexity index is 1230. The van der Waals surface area contributed by atoms with E-state index in [0.29, 0.717) is 41.4 Å². The summed E-state index contributed by atoms with van der Waals surface area (Å²) in [6, 6.07) is 21.7. The van der Waals surface area contributed by atoms with Gasteiger partial charge in [-0.25, -0.2) is 4.79 Å². The van der Waals surface area contributed by atoms with Crippen LogP contribution in [0.25, 0.3) is 11.0 Å². The number of carbonyl (C=O) groups excluding carboxylic acids is 1. The van der Waals surface area contributed by atoms with Crippen molar-refractivity contribution < 1.29 is 14.3 Å². The normalized spacial score (nSPS) is 10.8. The van der Waals surface area contributed by atoms with Crippen molar-refractivity contribution in [2.45, 2.75) is 6.54 Å². The van der Waals surface area contributed by atoms with E-state index in [-0.39, 0.29) is 11.6 Å². The maximum atomic E-state index is 12.8. The van der Waals surface area contributed by atoms with Crippen LogP contribution < -0.4 is 15.7 Å². The Morgan fingerprint density at radius 3 is 2.60 bits per heavy atom. The van der Waals surface area contributed by atoms with Crippen LogP contribution in [0, 0.1) is 0 Å². The van der Waals surface area contributed by atoms with E-state index in [9.17, 15) is 9.59 Å². The molecule has 0 saturated carbocycles. The lowest BCUT2D eigenvalue weighted by Crippen LogP contribution is -2.19. The number of imidazole rings is 1. The zero-order chi connectivity index (χ0) is 20.9. The molecule has 0 atom stereocenters. The average molecular weight is 403 g/mol. The molecule has 1 heterocycles. The van der Waals surface area contributed by atoms with Gasteiger partial charge in [0.25, 0.3) is 5.91 Å². The van der Waals surface area contributed by atoms with Gasteiger partial charge in [-0.1, -0.05) is 30.3 Å². The Balaban J connectivity index is 1.57. The van der Waals surface area contributed by atoms with Gasteiger partial charge in [0.1, 0.15) is 5.75 Å². The van der Waals surface area contributed by atoms with Crippen LogP contribution in [0.5, 0.6) is 11.5 Å². The lowest BCUT2D eigenvalue weighted by Gasteiger charge is -2.12. The summed E-state index contributed by atoms with van der Waals surface area (Å²) >= 11 is 0. The molecule has 152 valence electrons. The smallest absolute Gasteiger partial charge is 0.326 e. The first kappa shape index (κ1) is 19.5. The summed E-state index contributed by atoms with van der Waals surface area (Å²) in [5.41, 5.74) is 2.06. The predicted molar refractivity (Wildman–Crippen MR) is 115 cm³/mol. The van der Waals surface area contributed by atoms with Gasteiger partial charge in [0.15, 0.2) is 5.75 Å². The van der Waals surface area contributed by atoms with Crippen LogP contribution in [0.3, 0.4) is 0 Å². The fourth-order valence-corrected chi connectivity index (χ4v) is 3.18. The second kappa shape index (κ2) is 8.67. The van der Waals surface area contributed by atoms with Gasteiger partial charge in [0.2, 0.25) is 0 Å². The molecule has 7 heteroatoms. The third kappa shape index (κ3) is 4.11. The second-order valence-electron chi connectivity index (χ2n) is 6.67. The molecule has 0 saturated heterocycles. The zero-order valence-corrected chi connectivity index (χ0v) is 16.4. The highest BCUT2D eigenvalue weighted by molar-refractivity contribution is 6.06. The minimum atomic E-state index is -0.300. The van der Waals surface area contributed by atoms with Crippen LogP contribution in [-0.2, 0) is 11.3 Å². The van der Waals surface area contributed by atoms with E-state index in [1.54, 1.807) is 42.0 Å². The molecule has 1 aromatic heterocycles. The zero-order valence-electron chi connectivity index (χ0n) is 16.4. The Labute approximate surface area is 172 Å². The van der Waals surface area contributed by atoms with E-state index in [1.165, 1.54) is 0 Å². The maximum absolute atomic E-state index is 12.8. The van der Waals surface area contributed by atoms with E-state index < -0.39 is 0 Å². The summed E-state index contributed by atoms with van der Waals surface area (Å²) in [6.45, 7) is 0.859. The number of rotatable bonds is 7. The second-order valence-corrected chi connectivity index (χ2v) is 6.67. The largest absolute Gasteiger partial charge is 0.455 e. The minimum absolute atomic E-state index is 0.235. The van der Waals surface area contributed by atoms with Crippen LogP contribution in [0.1, 0.15) is 10.4 Å². The number of amides is 1. The number of hydrogen-bond acceptors (Lipinski definition) is 4. The SMILES string of the molecule is COCCn1c(=O)[nH]c2cc(C(=O)Nc3ccccc3Oc3ccccc3)ccc21. The van der Waals surface area contributed by atoms with Gasteiger partial charge in [-0.15, -0.1) is 0 Å². The maximum Gasteiger partial charge on any atom is 0.326 e. The fraction of sp³-hybridized carbons (Fsp3) is 0.130. The van der Waals surface area contributed by atoms with Gasteiger partial charge in [-0.3, -0.25) is 9.36 Å². The van der Waals surface area contributed by atoms with E-state index in [2.05, 4.69) is 10.3 Å². The predicted octanol–water partition coefficient (Wildman–Crippen LogP) is 4.02. The van der Waals surface area contributed by atoms with Crippen LogP contribution in [0.4, 0.5) is 5.69 Å². The van der Waals surface area contributed by atoms with Gasteiger partial charge in [0, 0.05) is 12.7 Å². The number of para-hydroxylation sites is 3. The molecule has 0 aliphatic rings. The highest BCUT2D eigenvalue weighted by atomic mass is 16.5. The van der Waals surface area contributed by atoms with Gasteiger partial charge in [-0.2, -0.15) is 0 Å².